The monoisotopic (exact) mass is 424 g/mol. The highest BCUT2D eigenvalue weighted by Gasteiger charge is 2.31. The summed E-state index contributed by atoms with van der Waals surface area (Å²) in [5, 5.41) is 16.2. The van der Waals surface area contributed by atoms with Crippen LogP contribution in [0.1, 0.15) is 27.0 Å². The average Bonchev–Trinajstić information content (AvgIpc) is 3.45. The van der Waals surface area contributed by atoms with E-state index in [-0.39, 0.29) is 23.0 Å². The molecular formula is C25H17FN4O2. The first kappa shape index (κ1) is 19.5. The van der Waals surface area contributed by atoms with E-state index in [1.165, 1.54) is 18.2 Å². The van der Waals surface area contributed by atoms with Crippen molar-refractivity contribution in [3.05, 3.63) is 101 Å². The van der Waals surface area contributed by atoms with Gasteiger partial charge in [-0.3, -0.25) is 9.89 Å². The van der Waals surface area contributed by atoms with Crippen molar-refractivity contribution in [1.29, 1.82) is 5.26 Å². The lowest BCUT2D eigenvalue weighted by molar-refractivity contribution is 0.0765. The number of halogens is 1. The number of nitriles is 1. The van der Waals surface area contributed by atoms with Crippen LogP contribution in [0, 0.1) is 17.1 Å². The predicted octanol–water partition coefficient (Wildman–Crippen LogP) is 5.04. The molecule has 0 radical (unpaired) electrons. The average molecular weight is 424 g/mol. The molecule has 2 heterocycles. The number of hydrogen-bond donors (Lipinski definition) is 1. The molecule has 6 nitrogen and oxygen atoms in total. The van der Waals surface area contributed by atoms with Crippen molar-refractivity contribution < 1.29 is 13.9 Å². The van der Waals surface area contributed by atoms with Gasteiger partial charge in [-0.15, -0.1) is 0 Å². The van der Waals surface area contributed by atoms with Crippen molar-refractivity contribution in [3.8, 4) is 28.8 Å². The second-order valence-corrected chi connectivity index (χ2v) is 7.45. The number of benzene rings is 3. The maximum Gasteiger partial charge on any atom is 0.258 e. The molecule has 1 amide bonds. The quantitative estimate of drug-likeness (QED) is 0.487. The maximum absolute atomic E-state index is 14.3. The fourth-order valence-corrected chi connectivity index (χ4v) is 3.84. The molecule has 1 aromatic heterocycles. The molecule has 156 valence electrons. The van der Waals surface area contributed by atoms with Crippen molar-refractivity contribution in [2.75, 3.05) is 0 Å². The lowest BCUT2D eigenvalue weighted by atomic mass is 10.1. The van der Waals surface area contributed by atoms with Crippen LogP contribution >= 0.6 is 0 Å². The summed E-state index contributed by atoms with van der Waals surface area (Å²) in [6, 6.07) is 21.1. The lowest BCUT2D eigenvalue weighted by Crippen LogP contribution is -2.23. The zero-order valence-electron chi connectivity index (χ0n) is 16.9. The molecule has 0 spiro atoms. The number of aromatic amines is 1. The van der Waals surface area contributed by atoms with Gasteiger partial charge in [-0.1, -0.05) is 42.5 Å². The van der Waals surface area contributed by atoms with E-state index in [1.807, 2.05) is 42.5 Å². The number of nitrogens with zero attached hydrogens (tertiary/aromatic N) is 3. The molecule has 1 N–H and O–H groups in total. The standard InChI is InChI=1S/C25H17FN4O2/c26-20-5-1-3-18(13-27)24(20)32-22-6-2-4-19-15-30(25(31)23(19)22)14-16-7-9-17(10-8-16)21-11-12-28-29-21/h1-12H,14-15H2,(H,28,29). The number of aromatic nitrogens is 2. The van der Waals surface area contributed by atoms with E-state index in [4.69, 9.17) is 4.74 Å². The summed E-state index contributed by atoms with van der Waals surface area (Å²) in [5.74, 6) is -0.778. The molecule has 0 bridgehead atoms. The molecule has 0 aliphatic carbocycles. The molecule has 0 atom stereocenters. The summed E-state index contributed by atoms with van der Waals surface area (Å²) < 4.78 is 20.0. The van der Waals surface area contributed by atoms with Crippen molar-refractivity contribution in [2.45, 2.75) is 13.1 Å². The second kappa shape index (κ2) is 8.00. The Kier molecular flexibility index (Phi) is 4.88. The first-order chi connectivity index (χ1) is 15.6. The first-order valence-electron chi connectivity index (χ1n) is 10.0. The molecule has 3 aromatic carbocycles. The maximum atomic E-state index is 14.3. The zero-order valence-corrected chi connectivity index (χ0v) is 16.9. The molecule has 1 aliphatic rings. The van der Waals surface area contributed by atoms with Crippen LogP contribution in [0.15, 0.2) is 72.9 Å². The summed E-state index contributed by atoms with van der Waals surface area (Å²) in [5.41, 5.74) is 4.19. The Morgan fingerprint density at radius 3 is 2.66 bits per heavy atom. The number of rotatable bonds is 5. The molecule has 7 heteroatoms. The molecule has 4 aromatic rings. The number of H-pyrrole nitrogens is 1. The molecular weight excluding hydrogens is 407 g/mol. The largest absolute Gasteiger partial charge is 0.452 e. The Labute approximate surface area is 183 Å². The van der Waals surface area contributed by atoms with E-state index < -0.39 is 5.82 Å². The third-order valence-electron chi connectivity index (χ3n) is 5.41. The highest BCUT2D eigenvalue weighted by Crippen LogP contribution is 2.36. The topological polar surface area (TPSA) is 82.0 Å². The van der Waals surface area contributed by atoms with Gasteiger partial charge in [-0.05, 0) is 41.0 Å². The first-order valence-corrected chi connectivity index (χ1v) is 10.0. The summed E-state index contributed by atoms with van der Waals surface area (Å²) in [4.78, 5) is 14.9. The van der Waals surface area contributed by atoms with Crippen LogP contribution in [0.4, 0.5) is 4.39 Å². The van der Waals surface area contributed by atoms with E-state index in [0.29, 0.717) is 18.7 Å². The van der Waals surface area contributed by atoms with Gasteiger partial charge >= 0.3 is 0 Å². The molecule has 32 heavy (non-hydrogen) atoms. The van der Waals surface area contributed by atoms with E-state index >= 15 is 0 Å². The summed E-state index contributed by atoms with van der Waals surface area (Å²) in [6.45, 7) is 0.857. The van der Waals surface area contributed by atoms with Gasteiger partial charge in [0.25, 0.3) is 5.91 Å². The highest BCUT2D eigenvalue weighted by molar-refractivity contribution is 6.01. The minimum atomic E-state index is -0.652. The molecule has 5 rings (SSSR count). The number of hydrogen-bond acceptors (Lipinski definition) is 4. The number of carbonyl (C=O) groups is 1. The highest BCUT2D eigenvalue weighted by atomic mass is 19.1. The normalized spacial score (nSPS) is 12.5. The molecule has 0 saturated heterocycles. The van der Waals surface area contributed by atoms with Crippen LogP contribution in [-0.4, -0.2) is 21.0 Å². The smallest absolute Gasteiger partial charge is 0.258 e. The SMILES string of the molecule is N#Cc1cccc(F)c1Oc1cccc2c1C(=O)N(Cc1ccc(-c3ccn[nH]3)cc1)C2. The van der Waals surface area contributed by atoms with E-state index in [0.717, 1.165) is 22.4 Å². The Balaban J connectivity index is 1.38. The summed E-state index contributed by atoms with van der Waals surface area (Å²) >= 11 is 0. The van der Waals surface area contributed by atoms with E-state index in [2.05, 4.69) is 10.2 Å². The number of fused-ring (bicyclic) bond motifs is 1. The number of ether oxygens (including phenoxy) is 1. The van der Waals surface area contributed by atoms with Gasteiger partial charge in [0.05, 0.1) is 16.8 Å². The molecule has 1 aliphatic heterocycles. The Morgan fingerprint density at radius 2 is 1.91 bits per heavy atom. The second-order valence-electron chi connectivity index (χ2n) is 7.45. The van der Waals surface area contributed by atoms with Gasteiger partial charge < -0.3 is 9.64 Å². The number of para-hydroxylation sites is 1. The van der Waals surface area contributed by atoms with Crippen LogP contribution in [-0.2, 0) is 13.1 Å². The van der Waals surface area contributed by atoms with Crippen molar-refractivity contribution >= 4 is 5.91 Å². The Bertz CT molecular complexity index is 1340. The van der Waals surface area contributed by atoms with Gasteiger partial charge in [0.2, 0.25) is 0 Å². The van der Waals surface area contributed by atoms with E-state index in [1.54, 1.807) is 23.2 Å². The molecule has 0 fully saturated rings. The summed E-state index contributed by atoms with van der Waals surface area (Å²) in [7, 11) is 0. The van der Waals surface area contributed by atoms with Crippen LogP contribution < -0.4 is 4.74 Å². The number of carbonyl (C=O) groups excluding carboxylic acids is 1. The van der Waals surface area contributed by atoms with Gasteiger partial charge in [-0.25, -0.2) is 4.39 Å². The van der Waals surface area contributed by atoms with Crippen molar-refractivity contribution in [2.24, 2.45) is 0 Å². The summed E-state index contributed by atoms with van der Waals surface area (Å²) in [6.07, 6.45) is 1.70. The van der Waals surface area contributed by atoms with Crippen molar-refractivity contribution in [3.63, 3.8) is 0 Å². The predicted molar refractivity (Wildman–Crippen MR) is 115 cm³/mol. The van der Waals surface area contributed by atoms with Crippen LogP contribution in [0.3, 0.4) is 0 Å². The minimum Gasteiger partial charge on any atom is -0.452 e. The molecule has 0 unspecified atom stereocenters. The van der Waals surface area contributed by atoms with Gasteiger partial charge in [0, 0.05) is 19.3 Å². The Hall–Kier alpha value is -4.44. The fraction of sp³-hybridized carbons (Fsp3) is 0.0800. The number of amides is 1. The van der Waals surface area contributed by atoms with Crippen LogP contribution in [0.2, 0.25) is 0 Å². The lowest BCUT2D eigenvalue weighted by Gasteiger charge is -2.16. The van der Waals surface area contributed by atoms with Gasteiger partial charge in [0.1, 0.15) is 11.8 Å². The van der Waals surface area contributed by atoms with E-state index in [9.17, 15) is 14.4 Å². The third-order valence-corrected chi connectivity index (χ3v) is 5.41. The van der Waals surface area contributed by atoms with Crippen LogP contribution in [0.5, 0.6) is 11.5 Å². The number of nitrogens with one attached hydrogen (secondary N) is 1. The minimum absolute atomic E-state index is 0.0715. The van der Waals surface area contributed by atoms with Crippen LogP contribution in [0.25, 0.3) is 11.3 Å². The zero-order chi connectivity index (χ0) is 22.1. The van der Waals surface area contributed by atoms with Gasteiger partial charge in [-0.2, -0.15) is 10.4 Å². The van der Waals surface area contributed by atoms with Gasteiger partial charge in [0.15, 0.2) is 11.6 Å². The fourth-order valence-electron chi connectivity index (χ4n) is 3.84. The Morgan fingerprint density at radius 1 is 1.09 bits per heavy atom. The molecule has 0 saturated carbocycles. The third kappa shape index (κ3) is 3.48. The van der Waals surface area contributed by atoms with Crippen molar-refractivity contribution in [1.82, 2.24) is 15.1 Å².